The van der Waals surface area contributed by atoms with Crippen LogP contribution < -0.4 is 5.73 Å². The predicted molar refractivity (Wildman–Crippen MR) is 74.2 cm³/mol. The molecule has 3 heterocycles. The van der Waals surface area contributed by atoms with Gasteiger partial charge in [-0.15, -0.1) is 0 Å². The first-order valence-electron chi connectivity index (χ1n) is 5.66. The number of halogens is 1. The van der Waals surface area contributed by atoms with Crippen molar-refractivity contribution in [2.24, 2.45) is 0 Å². The van der Waals surface area contributed by atoms with Gasteiger partial charge in [0.2, 0.25) is 0 Å². The average Bonchev–Trinajstić information content (AvgIpc) is 2.95. The highest BCUT2D eigenvalue weighted by Crippen LogP contribution is 2.29. The maximum Gasteiger partial charge on any atom is 0.153 e. The zero-order valence-corrected chi connectivity index (χ0v) is 11.4. The van der Waals surface area contributed by atoms with E-state index in [4.69, 9.17) is 5.73 Å². The van der Waals surface area contributed by atoms with Crippen LogP contribution in [-0.4, -0.2) is 19.2 Å². The highest BCUT2D eigenvalue weighted by atomic mass is 79.9. The third-order valence-corrected chi connectivity index (χ3v) is 3.52. The molecule has 3 rings (SSSR count). The molecule has 0 unspecified atom stereocenters. The van der Waals surface area contributed by atoms with Crippen molar-refractivity contribution in [1.82, 2.24) is 19.2 Å². The first kappa shape index (κ1) is 11.3. The van der Waals surface area contributed by atoms with E-state index in [1.54, 1.807) is 6.20 Å². The number of nitrogen functional groups attached to an aromatic ring is 1. The maximum absolute atomic E-state index is 6.16. The number of anilines is 1. The molecule has 5 nitrogen and oxygen atoms in total. The molecule has 0 bridgehead atoms. The van der Waals surface area contributed by atoms with Crippen molar-refractivity contribution in [3.63, 3.8) is 0 Å². The molecule has 0 aliphatic rings. The fourth-order valence-electron chi connectivity index (χ4n) is 2.03. The van der Waals surface area contributed by atoms with Crippen LogP contribution in [-0.2, 0) is 6.54 Å². The minimum atomic E-state index is 0.626. The van der Waals surface area contributed by atoms with Crippen molar-refractivity contribution in [3.05, 3.63) is 35.1 Å². The molecule has 92 valence electrons. The van der Waals surface area contributed by atoms with Crippen LogP contribution in [0.5, 0.6) is 0 Å². The smallest absolute Gasteiger partial charge is 0.153 e. The quantitative estimate of drug-likeness (QED) is 0.791. The van der Waals surface area contributed by atoms with Crippen molar-refractivity contribution < 1.29 is 0 Å². The Balaban J connectivity index is 2.31. The van der Waals surface area contributed by atoms with E-state index < -0.39 is 0 Å². The van der Waals surface area contributed by atoms with E-state index in [1.165, 1.54) is 0 Å². The van der Waals surface area contributed by atoms with E-state index in [2.05, 4.69) is 26.0 Å². The number of hydrogen-bond donors (Lipinski definition) is 1. The second-order valence-corrected chi connectivity index (χ2v) is 4.78. The second kappa shape index (κ2) is 4.13. The molecular weight excluding hydrogens is 294 g/mol. The van der Waals surface area contributed by atoms with Gasteiger partial charge in [-0.1, -0.05) is 0 Å². The third-order valence-electron chi connectivity index (χ3n) is 2.90. The Kier molecular flexibility index (Phi) is 2.59. The molecule has 0 aliphatic carbocycles. The van der Waals surface area contributed by atoms with Gasteiger partial charge in [-0.05, 0) is 41.1 Å². The van der Waals surface area contributed by atoms with Crippen molar-refractivity contribution >= 4 is 27.4 Å². The van der Waals surface area contributed by atoms with Gasteiger partial charge >= 0.3 is 0 Å². The number of rotatable bonds is 2. The van der Waals surface area contributed by atoms with Gasteiger partial charge < -0.3 is 5.73 Å². The van der Waals surface area contributed by atoms with Crippen LogP contribution in [0.3, 0.4) is 0 Å². The van der Waals surface area contributed by atoms with Crippen molar-refractivity contribution in [3.8, 4) is 11.4 Å². The maximum atomic E-state index is 6.16. The number of nitrogens with two attached hydrogens (primary N) is 1. The lowest BCUT2D eigenvalue weighted by atomic mass is 10.3. The van der Waals surface area contributed by atoms with E-state index in [0.717, 1.165) is 28.1 Å². The Morgan fingerprint density at radius 2 is 2.22 bits per heavy atom. The van der Waals surface area contributed by atoms with Gasteiger partial charge in [0, 0.05) is 18.9 Å². The van der Waals surface area contributed by atoms with Crippen molar-refractivity contribution in [2.45, 2.75) is 13.5 Å². The summed E-state index contributed by atoms with van der Waals surface area (Å²) in [5.74, 6) is 0.626. The van der Waals surface area contributed by atoms with E-state index in [0.29, 0.717) is 5.82 Å². The normalized spacial score (nSPS) is 11.2. The molecule has 0 fully saturated rings. The zero-order valence-electron chi connectivity index (χ0n) is 9.84. The Labute approximate surface area is 112 Å². The molecule has 3 aromatic rings. The summed E-state index contributed by atoms with van der Waals surface area (Å²) in [7, 11) is 0. The monoisotopic (exact) mass is 305 g/mol. The predicted octanol–water partition coefficient (Wildman–Crippen LogP) is 2.56. The second-order valence-electron chi connectivity index (χ2n) is 3.93. The van der Waals surface area contributed by atoms with Crippen LogP contribution in [0.1, 0.15) is 6.92 Å². The fourth-order valence-corrected chi connectivity index (χ4v) is 2.46. The number of imidazole rings is 1. The number of fused-ring (bicyclic) bond motifs is 1. The average molecular weight is 306 g/mol. The van der Waals surface area contributed by atoms with Crippen LogP contribution in [0.4, 0.5) is 5.82 Å². The van der Waals surface area contributed by atoms with Gasteiger partial charge in [0.1, 0.15) is 11.5 Å². The van der Waals surface area contributed by atoms with Gasteiger partial charge in [0.05, 0.1) is 10.2 Å². The van der Waals surface area contributed by atoms with Gasteiger partial charge in [-0.3, -0.25) is 9.08 Å². The molecule has 0 aromatic carbocycles. The van der Waals surface area contributed by atoms with Crippen molar-refractivity contribution in [2.75, 3.05) is 5.73 Å². The standard InChI is InChI=1S/C12H12BrN5/c1-2-18-9(5-6-15-18)10-11(14)17-7-3-4-8(13)12(17)16-10/h3-7H,2,14H2,1H3. The van der Waals surface area contributed by atoms with Crippen LogP contribution in [0.25, 0.3) is 17.0 Å². The van der Waals surface area contributed by atoms with Crippen molar-refractivity contribution in [1.29, 1.82) is 0 Å². The molecule has 6 heteroatoms. The summed E-state index contributed by atoms with van der Waals surface area (Å²) in [4.78, 5) is 4.59. The number of nitrogens with zero attached hydrogens (tertiary/aromatic N) is 4. The van der Waals surface area contributed by atoms with E-state index >= 15 is 0 Å². The molecule has 3 aromatic heterocycles. The first-order chi connectivity index (χ1) is 8.72. The molecule has 0 saturated heterocycles. The van der Waals surface area contributed by atoms with Crippen LogP contribution in [0, 0.1) is 0 Å². The number of hydrogen-bond acceptors (Lipinski definition) is 3. The lowest BCUT2D eigenvalue weighted by Crippen LogP contribution is -2.01. The molecule has 0 aliphatic heterocycles. The molecule has 0 radical (unpaired) electrons. The lowest BCUT2D eigenvalue weighted by Gasteiger charge is -2.02. The van der Waals surface area contributed by atoms with Crippen LogP contribution in [0.2, 0.25) is 0 Å². The fraction of sp³-hybridized carbons (Fsp3) is 0.167. The molecular formula is C12H12BrN5. The summed E-state index contributed by atoms with van der Waals surface area (Å²) in [6.07, 6.45) is 3.66. The van der Waals surface area contributed by atoms with Gasteiger partial charge in [-0.25, -0.2) is 4.98 Å². The minimum absolute atomic E-state index is 0.626. The largest absolute Gasteiger partial charge is 0.383 e. The molecule has 18 heavy (non-hydrogen) atoms. The number of pyridine rings is 1. The summed E-state index contributed by atoms with van der Waals surface area (Å²) >= 11 is 3.48. The van der Waals surface area contributed by atoms with Gasteiger partial charge in [0.25, 0.3) is 0 Å². The zero-order chi connectivity index (χ0) is 12.7. The molecule has 0 amide bonds. The summed E-state index contributed by atoms with van der Waals surface area (Å²) < 4.78 is 4.67. The molecule has 0 saturated carbocycles. The Bertz CT molecular complexity index is 712. The highest BCUT2D eigenvalue weighted by Gasteiger charge is 2.15. The van der Waals surface area contributed by atoms with E-state index in [1.807, 2.05) is 40.4 Å². The summed E-state index contributed by atoms with van der Waals surface area (Å²) in [5.41, 5.74) is 8.68. The van der Waals surface area contributed by atoms with E-state index in [-0.39, 0.29) is 0 Å². The number of aryl methyl sites for hydroxylation is 1. The Hall–Kier alpha value is -1.82. The Morgan fingerprint density at radius 3 is 2.94 bits per heavy atom. The topological polar surface area (TPSA) is 61.1 Å². The van der Waals surface area contributed by atoms with Gasteiger partial charge in [-0.2, -0.15) is 5.10 Å². The van der Waals surface area contributed by atoms with Crippen LogP contribution >= 0.6 is 15.9 Å². The minimum Gasteiger partial charge on any atom is -0.383 e. The molecule has 0 spiro atoms. The summed E-state index contributed by atoms with van der Waals surface area (Å²) in [6.45, 7) is 2.83. The summed E-state index contributed by atoms with van der Waals surface area (Å²) in [6, 6.07) is 5.80. The van der Waals surface area contributed by atoms with E-state index in [9.17, 15) is 0 Å². The van der Waals surface area contributed by atoms with Gasteiger partial charge in [0.15, 0.2) is 5.65 Å². The van der Waals surface area contributed by atoms with Crippen LogP contribution in [0.15, 0.2) is 35.1 Å². The highest BCUT2D eigenvalue weighted by molar-refractivity contribution is 9.10. The molecule has 0 atom stereocenters. The summed E-state index contributed by atoms with van der Waals surface area (Å²) in [5, 5.41) is 4.24. The third kappa shape index (κ3) is 1.53. The lowest BCUT2D eigenvalue weighted by molar-refractivity contribution is 0.666. The molecule has 2 N–H and O–H groups in total. The SMILES string of the molecule is CCn1nccc1-c1nc2c(Br)cccn2c1N. The number of aromatic nitrogens is 4. The Morgan fingerprint density at radius 1 is 1.39 bits per heavy atom. The first-order valence-corrected chi connectivity index (χ1v) is 6.46.